The molecule has 0 spiro atoms. The summed E-state index contributed by atoms with van der Waals surface area (Å²) in [6.45, 7) is 5.60. The lowest BCUT2D eigenvalue weighted by atomic mass is 9.70. The smallest absolute Gasteiger partial charge is 0.109 e. The molecule has 1 N–H and O–H groups in total. The summed E-state index contributed by atoms with van der Waals surface area (Å²) in [4.78, 5) is 0. The Morgan fingerprint density at radius 1 is 1.33 bits per heavy atom. The summed E-state index contributed by atoms with van der Waals surface area (Å²) >= 11 is 0. The summed E-state index contributed by atoms with van der Waals surface area (Å²) in [6, 6.07) is 2.56. The first-order valence-electron chi connectivity index (χ1n) is 6.32. The van der Waals surface area contributed by atoms with Crippen LogP contribution >= 0.6 is 0 Å². The molecule has 3 unspecified atom stereocenters. The highest BCUT2D eigenvalue weighted by molar-refractivity contribution is 5.12. The number of hydrogen-bond donors (Lipinski definition) is 1. The van der Waals surface area contributed by atoms with E-state index in [1.807, 2.05) is 0 Å². The van der Waals surface area contributed by atoms with Gasteiger partial charge in [-0.25, -0.2) is 0 Å². The van der Waals surface area contributed by atoms with E-state index in [1.165, 1.54) is 25.7 Å². The molecular weight excluding hydrogens is 184 g/mol. The van der Waals surface area contributed by atoms with Crippen LogP contribution in [-0.4, -0.2) is 12.1 Å². The fourth-order valence-electron chi connectivity index (χ4n) is 2.76. The Labute approximate surface area is 93.0 Å². The summed E-state index contributed by atoms with van der Waals surface area (Å²) in [6.07, 6.45) is 6.16. The summed E-state index contributed by atoms with van der Waals surface area (Å²) < 4.78 is 0. The van der Waals surface area contributed by atoms with Crippen LogP contribution in [0.2, 0.25) is 0 Å². The second-order valence-corrected chi connectivity index (χ2v) is 5.69. The van der Waals surface area contributed by atoms with Crippen LogP contribution < -0.4 is 5.32 Å². The Balaban J connectivity index is 1.96. The van der Waals surface area contributed by atoms with E-state index < -0.39 is 0 Å². The molecule has 0 aromatic heterocycles. The minimum absolute atomic E-state index is 0.213. The van der Waals surface area contributed by atoms with Crippen LogP contribution in [0.25, 0.3) is 0 Å². The molecule has 3 atom stereocenters. The zero-order valence-corrected chi connectivity index (χ0v) is 9.92. The summed E-state index contributed by atoms with van der Waals surface area (Å²) in [5.41, 5.74) is -0.213. The van der Waals surface area contributed by atoms with E-state index in [9.17, 15) is 5.26 Å². The van der Waals surface area contributed by atoms with Gasteiger partial charge in [0, 0.05) is 0 Å². The highest BCUT2D eigenvalue weighted by atomic mass is 15.0. The van der Waals surface area contributed by atoms with Crippen LogP contribution in [0.3, 0.4) is 0 Å². The molecule has 2 rings (SSSR count). The third kappa shape index (κ3) is 2.34. The molecule has 0 radical (unpaired) electrons. The number of nitriles is 1. The van der Waals surface area contributed by atoms with Crippen LogP contribution in [-0.2, 0) is 0 Å². The first-order valence-corrected chi connectivity index (χ1v) is 6.32. The molecule has 0 saturated heterocycles. The van der Waals surface area contributed by atoms with E-state index in [0.29, 0.717) is 5.92 Å². The molecule has 2 nitrogen and oxygen atoms in total. The highest BCUT2D eigenvalue weighted by Crippen LogP contribution is 2.37. The SMILES string of the molecule is CC1CCC(C#N)(NCC2CC2)C(C)C1. The molecule has 2 saturated carbocycles. The molecule has 84 valence electrons. The van der Waals surface area contributed by atoms with Crippen molar-refractivity contribution in [2.24, 2.45) is 17.8 Å². The van der Waals surface area contributed by atoms with Gasteiger partial charge in [-0.1, -0.05) is 13.8 Å². The average Bonchev–Trinajstić information content (AvgIpc) is 3.01. The summed E-state index contributed by atoms with van der Waals surface area (Å²) in [5, 5.41) is 13.0. The van der Waals surface area contributed by atoms with Gasteiger partial charge in [-0.15, -0.1) is 0 Å². The number of hydrogen-bond acceptors (Lipinski definition) is 2. The zero-order valence-electron chi connectivity index (χ0n) is 9.92. The van der Waals surface area contributed by atoms with Crippen molar-refractivity contribution in [3.8, 4) is 6.07 Å². The number of nitrogens with zero attached hydrogens (tertiary/aromatic N) is 1. The van der Waals surface area contributed by atoms with E-state index in [0.717, 1.165) is 24.8 Å². The lowest BCUT2D eigenvalue weighted by Crippen LogP contribution is -2.52. The van der Waals surface area contributed by atoms with Gasteiger partial charge in [0.15, 0.2) is 0 Å². The van der Waals surface area contributed by atoms with Gasteiger partial charge in [0.2, 0.25) is 0 Å². The van der Waals surface area contributed by atoms with Crippen molar-refractivity contribution < 1.29 is 0 Å². The Morgan fingerprint density at radius 2 is 2.07 bits per heavy atom. The average molecular weight is 206 g/mol. The van der Waals surface area contributed by atoms with Gasteiger partial charge in [-0.3, -0.25) is 5.32 Å². The van der Waals surface area contributed by atoms with E-state index >= 15 is 0 Å². The van der Waals surface area contributed by atoms with Gasteiger partial charge in [0.25, 0.3) is 0 Å². The molecule has 15 heavy (non-hydrogen) atoms. The maximum absolute atomic E-state index is 9.42. The van der Waals surface area contributed by atoms with E-state index in [2.05, 4.69) is 25.2 Å². The van der Waals surface area contributed by atoms with Crippen LogP contribution in [0, 0.1) is 29.1 Å². The molecule has 0 aromatic carbocycles. The minimum Gasteiger partial charge on any atom is -0.299 e. The fraction of sp³-hybridized carbons (Fsp3) is 0.923. The predicted octanol–water partition coefficient (Wildman–Crippen LogP) is 2.70. The van der Waals surface area contributed by atoms with Gasteiger partial charge in [-0.05, 0) is 56.4 Å². The Kier molecular flexibility index (Phi) is 3.02. The highest BCUT2D eigenvalue weighted by Gasteiger charge is 2.41. The van der Waals surface area contributed by atoms with Crippen molar-refractivity contribution in [3.63, 3.8) is 0 Å². The van der Waals surface area contributed by atoms with Crippen molar-refractivity contribution in [2.45, 2.75) is 51.5 Å². The molecule has 0 heterocycles. The summed E-state index contributed by atoms with van der Waals surface area (Å²) in [7, 11) is 0. The predicted molar refractivity (Wildman–Crippen MR) is 61.2 cm³/mol. The van der Waals surface area contributed by atoms with Crippen LogP contribution in [0.4, 0.5) is 0 Å². The lowest BCUT2D eigenvalue weighted by Gasteiger charge is -2.40. The van der Waals surface area contributed by atoms with E-state index in [1.54, 1.807) is 0 Å². The molecule has 2 fully saturated rings. The minimum atomic E-state index is -0.213. The Morgan fingerprint density at radius 3 is 2.60 bits per heavy atom. The van der Waals surface area contributed by atoms with Crippen LogP contribution in [0.1, 0.15) is 46.0 Å². The van der Waals surface area contributed by atoms with Crippen LogP contribution in [0.5, 0.6) is 0 Å². The van der Waals surface area contributed by atoms with Gasteiger partial charge < -0.3 is 0 Å². The molecule has 0 bridgehead atoms. The van der Waals surface area contributed by atoms with E-state index in [4.69, 9.17) is 0 Å². The standard InChI is InChI=1S/C13H22N2/c1-10-5-6-13(9-14,11(2)7-10)15-8-12-3-4-12/h10-12,15H,3-8H2,1-2H3. The molecule has 2 aliphatic rings. The first kappa shape index (κ1) is 11.0. The van der Waals surface area contributed by atoms with Crippen molar-refractivity contribution in [2.75, 3.05) is 6.54 Å². The van der Waals surface area contributed by atoms with Crippen LogP contribution in [0.15, 0.2) is 0 Å². The maximum atomic E-state index is 9.42. The topological polar surface area (TPSA) is 35.8 Å². The van der Waals surface area contributed by atoms with Gasteiger partial charge >= 0.3 is 0 Å². The molecule has 0 amide bonds. The summed E-state index contributed by atoms with van der Waals surface area (Å²) in [5.74, 6) is 2.16. The van der Waals surface area contributed by atoms with Gasteiger partial charge in [0.05, 0.1) is 6.07 Å². The Bertz CT molecular complexity index is 264. The van der Waals surface area contributed by atoms with Gasteiger partial charge in [0.1, 0.15) is 5.54 Å². The van der Waals surface area contributed by atoms with Crippen molar-refractivity contribution in [1.82, 2.24) is 5.32 Å². The molecule has 2 aliphatic carbocycles. The monoisotopic (exact) mass is 206 g/mol. The largest absolute Gasteiger partial charge is 0.299 e. The third-order valence-corrected chi connectivity index (χ3v) is 4.23. The normalized spacial score (nSPS) is 41.1. The van der Waals surface area contributed by atoms with Crippen molar-refractivity contribution in [3.05, 3.63) is 0 Å². The fourth-order valence-corrected chi connectivity index (χ4v) is 2.76. The van der Waals surface area contributed by atoms with Crippen molar-refractivity contribution >= 4 is 0 Å². The third-order valence-electron chi connectivity index (χ3n) is 4.23. The lowest BCUT2D eigenvalue weighted by molar-refractivity contribution is 0.171. The quantitative estimate of drug-likeness (QED) is 0.770. The maximum Gasteiger partial charge on any atom is 0.109 e. The molecule has 0 aliphatic heterocycles. The first-order chi connectivity index (χ1) is 7.16. The number of rotatable bonds is 3. The second-order valence-electron chi connectivity index (χ2n) is 5.69. The Hall–Kier alpha value is -0.550. The van der Waals surface area contributed by atoms with Gasteiger partial charge in [-0.2, -0.15) is 5.26 Å². The zero-order chi connectivity index (χ0) is 10.9. The van der Waals surface area contributed by atoms with E-state index in [-0.39, 0.29) is 5.54 Å². The second kappa shape index (κ2) is 4.14. The molecular formula is C13H22N2. The number of nitrogens with one attached hydrogen (secondary N) is 1. The molecule has 0 aromatic rings. The van der Waals surface area contributed by atoms with Crippen molar-refractivity contribution in [1.29, 1.82) is 5.26 Å². The molecule has 2 heteroatoms.